The highest BCUT2D eigenvalue weighted by molar-refractivity contribution is 6.33. The molecule has 0 fully saturated rings. The van der Waals surface area contributed by atoms with Crippen molar-refractivity contribution in [3.05, 3.63) is 51.0 Å². The van der Waals surface area contributed by atoms with Crippen LogP contribution in [0.5, 0.6) is 5.75 Å². The number of ether oxygens (including phenoxy) is 1. The van der Waals surface area contributed by atoms with Crippen molar-refractivity contribution in [3.8, 4) is 5.75 Å². The smallest absolute Gasteiger partial charge is 0.273 e. The molecule has 8 heteroatoms. The minimum absolute atomic E-state index is 0.0810. The van der Waals surface area contributed by atoms with Crippen molar-refractivity contribution in [2.45, 2.75) is 6.92 Å². The summed E-state index contributed by atoms with van der Waals surface area (Å²) in [6.07, 6.45) is 0. The molecule has 2 rings (SSSR count). The van der Waals surface area contributed by atoms with Crippen LogP contribution < -0.4 is 10.5 Å². The third-order valence-electron chi connectivity index (χ3n) is 2.95. The van der Waals surface area contributed by atoms with E-state index >= 15 is 0 Å². The van der Waals surface area contributed by atoms with E-state index in [2.05, 4.69) is 10.2 Å². The number of non-ortho nitro benzene ring substituents is 1. The van der Waals surface area contributed by atoms with Crippen LogP contribution in [0.4, 0.5) is 22.7 Å². The van der Waals surface area contributed by atoms with Crippen molar-refractivity contribution in [1.82, 2.24) is 0 Å². The Bertz CT molecular complexity index is 762. The first-order valence-electron chi connectivity index (χ1n) is 6.22. The number of methoxy groups -OCH3 is 1. The maximum Gasteiger partial charge on any atom is 0.273 e. The first kappa shape index (κ1) is 15.7. The summed E-state index contributed by atoms with van der Waals surface area (Å²) >= 11 is 5.96. The number of hydrogen-bond donors (Lipinski definition) is 1. The summed E-state index contributed by atoms with van der Waals surface area (Å²) in [5, 5.41) is 19.3. The van der Waals surface area contributed by atoms with Crippen molar-refractivity contribution in [3.63, 3.8) is 0 Å². The maximum atomic E-state index is 10.7. The van der Waals surface area contributed by atoms with Crippen molar-refractivity contribution < 1.29 is 9.66 Å². The molecule has 0 aliphatic heterocycles. The number of nitro benzene ring substituents is 1. The Kier molecular flexibility index (Phi) is 4.57. The molecule has 0 saturated carbocycles. The minimum Gasteiger partial charge on any atom is -0.494 e. The number of nitrogen functional groups attached to an aromatic ring is 1. The largest absolute Gasteiger partial charge is 0.494 e. The zero-order valence-corrected chi connectivity index (χ0v) is 12.7. The van der Waals surface area contributed by atoms with E-state index in [1.807, 2.05) is 6.92 Å². The first-order valence-corrected chi connectivity index (χ1v) is 6.60. The predicted molar refractivity (Wildman–Crippen MR) is 84.4 cm³/mol. The fraction of sp³-hybridized carbons (Fsp3) is 0.143. The molecule has 0 aliphatic rings. The standard InChI is InChI=1S/C14H13ClN4O3/c1-8-5-11(16)10(15)7-13(8)18-17-12-4-3-9(19(20)21)6-14(12)22-2/h3-7H,16H2,1-2H3. The molecule has 22 heavy (non-hydrogen) atoms. The lowest BCUT2D eigenvalue weighted by Gasteiger charge is -2.05. The van der Waals surface area contributed by atoms with Gasteiger partial charge in [-0.25, -0.2) is 0 Å². The average molecular weight is 321 g/mol. The Balaban J connectivity index is 2.38. The number of azo groups is 1. The lowest BCUT2D eigenvalue weighted by Crippen LogP contribution is -1.90. The van der Waals surface area contributed by atoms with E-state index in [0.29, 0.717) is 22.1 Å². The number of rotatable bonds is 4. The molecule has 114 valence electrons. The predicted octanol–water partition coefficient (Wildman–Crippen LogP) is 4.56. The Hall–Kier alpha value is -2.67. The highest BCUT2D eigenvalue weighted by Gasteiger charge is 2.11. The van der Waals surface area contributed by atoms with Gasteiger partial charge in [0.1, 0.15) is 5.69 Å². The number of nitro groups is 1. The second-order valence-corrected chi connectivity index (χ2v) is 4.88. The summed E-state index contributed by atoms with van der Waals surface area (Å²) in [6.45, 7) is 1.83. The Morgan fingerprint density at radius 3 is 2.55 bits per heavy atom. The molecule has 0 bridgehead atoms. The number of nitrogens with two attached hydrogens (primary N) is 1. The number of nitrogens with zero attached hydrogens (tertiary/aromatic N) is 3. The van der Waals surface area contributed by atoms with Crippen LogP contribution in [0, 0.1) is 17.0 Å². The summed E-state index contributed by atoms with van der Waals surface area (Å²) in [5.41, 5.74) is 7.82. The summed E-state index contributed by atoms with van der Waals surface area (Å²) in [7, 11) is 1.41. The van der Waals surface area contributed by atoms with Gasteiger partial charge in [-0.2, -0.15) is 5.11 Å². The number of halogens is 1. The second kappa shape index (κ2) is 6.40. The lowest BCUT2D eigenvalue weighted by molar-refractivity contribution is -0.384. The van der Waals surface area contributed by atoms with Crippen molar-refractivity contribution in [2.24, 2.45) is 10.2 Å². The van der Waals surface area contributed by atoms with Crippen LogP contribution in [0.3, 0.4) is 0 Å². The highest BCUT2D eigenvalue weighted by Crippen LogP contribution is 2.34. The molecular weight excluding hydrogens is 308 g/mol. The monoisotopic (exact) mass is 320 g/mol. The van der Waals surface area contributed by atoms with Gasteiger partial charge in [-0.1, -0.05) is 11.6 Å². The van der Waals surface area contributed by atoms with Crippen LogP contribution in [0.2, 0.25) is 5.02 Å². The fourth-order valence-corrected chi connectivity index (χ4v) is 1.93. The minimum atomic E-state index is -0.507. The SMILES string of the molecule is COc1cc([N+](=O)[O-])ccc1N=Nc1cc(Cl)c(N)cc1C. The average Bonchev–Trinajstić information content (AvgIpc) is 2.49. The molecule has 0 aromatic heterocycles. The van der Waals surface area contributed by atoms with Gasteiger partial charge in [0.15, 0.2) is 5.75 Å². The van der Waals surface area contributed by atoms with Crippen LogP contribution >= 0.6 is 11.6 Å². The third-order valence-corrected chi connectivity index (χ3v) is 3.28. The van der Waals surface area contributed by atoms with Gasteiger partial charge in [0.25, 0.3) is 5.69 Å². The zero-order valence-electron chi connectivity index (χ0n) is 11.9. The molecular formula is C14H13ClN4O3. The van der Waals surface area contributed by atoms with E-state index in [9.17, 15) is 10.1 Å². The highest BCUT2D eigenvalue weighted by atomic mass is 35.5. The third kappa shape index (κ3) is 3.32. The van der Waals surface area contributed by atoms with Crippen LogP contribution in [-0.4, -0.2) is 12.0 Å². The Morgan fingerprint density at radius 2 is 1.91 bits per heavy atom. The van der Waals surface area contributed by atoms with Crippen LogP contribution in [0.25, 0.3) is 0 Å². The van der Waals surface area contributed by atoms with Gasteiger partial charge in [0, 0.05) is 6.07 Å². The van der Waals surface area contributed by atoms with Crippen molar-refractivity contribution >= 4 is 34.4 Å². The topological polar surface area (TPSA) is 103 Å². The van der Waals surface area contributed by atoms with Gasteiger partial charge in [0.05, 0.1) is 34.5 Å². The number of aryl methyl sites for hydroxylation is 1. The van der Waals surface area contributed by atoms with Crippen molar-refractivity contribution in [2.75, 3.05) is 12.8 Å². The number of benzene rings is 2. The van der Waals surface area contributed by atoms with Crippen LogP contribution in [0.15, 0.2) is 40.6 Å². The molecule has 2 aromatic rings. The van der Waals surface area contributed by atoms with Crippen LogP contribution in [0.1, 0.15) is 5.56 Å². The molecule has 0 amide bonds. The summed E-state index contributed by atoms with van der Waals surface area (Å²) in [5.74, 6) is 0.261. The summed E-state index contributed by atoms with van der Waals surface area (Å²) in [6, 6.07) is 7.39. The van der Waals surface area contributed by atoms with E-state index in [1.165, 1.54) is 25.3 Å². The molecule has 0 atom stereocenters. The summed E-state index contributed by atoms with van der Waals surface area (Å²) < 4.78 is 5.09. The molecule has 0 aliphatic carbocycles. The first-order chi connectivity index (χ1) is 10.4. The Labute approximate surface area is 131 Å². The number of anilines is 1. The van der Waals surface area contributed by atoms with Crippen molar-refractivity contribution in [1.29, 1.82) is 0 Å². The van der Waals surface area contributed by atoms with Crippen LogP contribution in [-0.2, 0) is 0 Å². The van der Waals surface area contributed by atoms with E-state index < -0.39 is 4.92 Å². The molecule has 2 aromatic carbocycles. The van der Waals surface area contributed by atoms with Gasteiger partial charge < -0.3 is 10.5 Å². The zero-order chi connectivity index (χ0) is 16.3. The molecule has 0 radical (unpaired) electrons. The molecule has 0 heterocycles. The van der Waals surface area contributed by atoms with E-state index in [1.54, 1.807) is 12.1 Å². The van der Waals surface area contributed by atoms with Gasteiger partial charge in [-0.15, -0.1) is 5.11 Å². The summed E-state index contributed by atoms with van der Waals surface area (Å²) in [4.78, 5) is 10.2. The van der Waals surface area contributed by atoms with Gasteiger partial charge in [-0.3, -0.25) is 10.1 Å². The Morgan fingerprint density at radius 1 is 1.23 bits per heavy atom. The van der Waals surface area contributed by atoms with Gasteiger partial charge in [0.2, 0.25) is 0 Å². The van der Waals surface area contributed by atoms with E-state index in [0.717, 1.165) is 5.56 Å². The molecule has 0 unspecified atom stereocenters. The van der Waals surface area contributed by atoms with Gasteiger partial charge in [-0.05, 0) is 30.7 Å². The molecule has 0 saturated heterocycles. The fourth-order valence-electron chi connectivity index (χ4n) is 1.77. The molecule has 7 nitrogen and oxygen atoms in total. The van der Waals surface area contributed by atoms with Gasteiger partial charge >= 0.3 is 0 Å². The quantitative estimate of drug-likeness (QED) is 0.386. The second-order valence-electron chi connectivity index (χ2n) is 4.47. The lowest BCUT2D eigenvalue weighted by atomic mass is 10.2. The molecule has 0 spiro atoms. The van der Waals surface area contributed by atoms with E-state index in [-0.39, 0.29) is 11.4 Å². The molecule has 2 N–H and O–H groups in total. The number of hydrogen-bond acceptors (Lipinski definition) is 6. The normalized spacial score (nSPS) is 10.9. The van der Waals surface area contributed by atoms with E-state index in [4.69, 9.17) is 22.1 Å². The maximum absolute atomic E-state index is 10.7.